The zero-order valence-electron chi connectivity index (χ0n) is 16.1. The highest BCUT2D eigenvalue weighted by Crippen LogP contribution is 2.32. The number of nitrogens with two attached hydrogens (primary N) is 1. The molecule has 1 aromatic heterocycles. The van der Waals surface area contributed by atoms with E-state index >= 15 is 0 Å². The van der Waals surface area contributed by atoms with Crippen LogP contribution in [0.15, 0.2) is 54.7 Å². The highest BCUT2D eigenvalue weighted by Gasteiger charge is 2.21. The lowest BCUT2D eigenvalue weighted by Gasteiger charge is -2.15. The van der Waals surface area contributed by atoms with Crippen molar-refractivity contribution in [3.63, 3.8) is 0 Å². The predicted molar refractivity (Wildman–Crippen MR) is 107 cm³/mol. The SMILES string of the molecule is CCOC(=O)c1ccn(-c2ccc(OC)cc2)c1-c1ccc(C(N)=O)cc1C. The number of hydrogen-bond acceptors (Lipinski definition) is 4. The van der Waals surface area contributed by atoms with E-state index in [1.807, 2.05) is 42.0 Å². The maximum atomic E-state index is 12.5. The molecule has 0 aliphatic rings. The molecule has 0 fully saturated rings. The molecule has 2 N–H and O–H groups in total. The first-order valence-corrected chi connectivity index (χ1v) is 8.90. The lowest BCUT2D eigenvalue weighted by molar-refractivity contribution is 0.0527. The zero-order valence-corrected chi connectivity index (χ0v) is 16.1. The molecule has 3 rings (SSSR count). The monoisotopic (exact) mass is 378 g/mol. The van der Waals surface area contributed by atoms with Gasteiger partial charge in [0.25, 0.3) is 0 Å². The molecule has 28 heavy (non-hydrogen) atoms. The fraction of sp³-hybridized carbons (Fsp3) is 0.182. The summed E-state index contributed by atoms with van der Waals surface area (Å²) in [6.45, 7) is 3.93. The number of amides is 1. The second-order valence-corrected chi connectivity index (χ2v) is 6.26. The molecule has 0 radical (unpaired) electrons. The van der Waals surface area contributed by atoms with Crippen molar-refractivity contribution in [3.05, 3.63) is 71.4 Å². The Morgan fingerprint density at radius 3 is 2.36 bits per heavy atom. The second kappa shape index (κ2) is 8.00. The summed E-state index contributed by atoms with van der Waals surface area (Å²) in [7, 11) is 1.61. The van der Waals surface area contributed by atoms with Gasteiger partial charge in [0.1, 0.15) is 5.75 Å². The molecule has 0 saturated heterocycles. The summed E-state index contributed by atoms with van der Waals surface area (Å²) < 4.78 is 12.4. The maximum absolute atomic E-state index is 12.5. The standard InChI is InChI=1S/C22H22N2O4/c1-4-28-22(26)19-11-12-24(16-6-8-17(27-3)9-7-16)20(19)18-10-5-15(21(23)25)13-14(18)2/h5-13H,4H2,1-3H3,(H2,23,25). The van der Waals surface area contributed by atoms with Crippen LogP contribution in [0.3, 0.4) is 0 Å². The van der Waals surface area contributed by atoms with E-state index in [0.717, 1.165) is 22.6 Å². The van der Waals surface area contributed by atoms with Crippen molar-refractivity contribution in [3.8, 4) is 22.7 Å². The molecule has 0 unspecified atom stereocenters. The zero-order chi connectivity index (χ0) is 20.3. The van der Waals surface area contributed by atoms with E-state index in [9.17, 15) is 9.59 Å². The van der Waals surface area contributed by atoms with Gasteiger partial charge in [-0.2, -0.15) is 0 Å². The Morgan fingerprint density at radius 2 is 1.79 bits per heavy atom. The minimum absolute atomic E-state index is 0.283. The quantitative estimate of drug-likeness (QED) is 0.663. The molecule has 0 bridgehead atoms. The van der Waals surface area contributed by atoms with E-state index < -0.39 is 11.9 Å². The molecule has 2 aromatic carbocycles. The first-order valence-electron chi connectivity index (χ1n) is 8.90. The number of ether oxygens (including phenoxy) is 2. The van der Waals surface area contributed by atoms with Gasteiger partial charge < -0.3 is 19.8 Å². The van der Waals surface area contributed by atoms with Gasteiger partial charge in [0.05, 0.1) is 25.0 Å². The molecule has 144 valence electrons. The molecule has 0 aliphatic heterocycles. The second-order valence-electron chi connectivity index (χ2n) is 6.26. The number of aromatic nitrogens is 1. The van der Waals surface area contributed by atoms with Crippen LogP contribution in [0.4, 0.5) is 0 Å². The number of aryl methyl sites for hydroxylation is 1. The smallest absolute Gasteiger partial charge is 0.340 e. The Hall–Kier alpha value is -3.54. The summed E-state index contributed by atoms with van der Waals surface area (Å²) in [6, 6.07) is 14.4. The van der Waals surface area contributed by atoms with Crippen LogP contribution in [0.2, 0.25) is 0 Å². The molecule has 0 atom stereocenters. The van der Waals surface area contributed by atoms with Gasteiger partial charge in [0.15, 0.2) is 0 Å². The van der Waals surface area contributed by atoms with E-state index in [1.165, 1.54) is 0 Å². The third-order valence-electron chi connectivity index (χ3n) is 4.50. The lowest BCUT2D eigenvalue weighted by atomic mass is 9.99. The van der Waals surface area contributed by atoms with Crippen molar-refractivity contribution in [1.82, 2.24) is 4.57 Å². The first-order chi connectivity index (χ1) is 13.5. The van der Waals surface area contributed by atoms with Crippen molar-refractivity contribution in [2.24, 2.45) is 5.73 Å². The number of primary amides is 1. The largest absolute Gasteiger partial charge is 0.497 e. The van der Waals surface area contributed by atoms with Crippen molar-refractivity contribution in [1.29, 1.82) is 0 Å². The summed E-state index contributed by atoms with van der Waals surface area (Å²) in [6.07, 6.45) is 1.82. The third-order valence-corrected chi connectivity index (χ3v) is 4.50. The number of carbonyl (C=O) groups is 2. The van der Waals surface area contributed by atoms with Gasteiger partial charge in [-0.25, -0.2) is 4.79 Å². The van der Waals surface area contributed by atoms with Crippen molar-refractivity contribution in [2.45, 2.75) is 13.8 Å². The summed E-state index contributed by atoms with van der Waals surface area (Å²) in [5.74, 6) is -0.154. The molecule has 6 nitrogen and oxygen atoms in total. The van der Waals surface area contributed by atoms with Gasteiger partial charge >= 0.3 is 5.97 Å². The van der Waals surface area contributed by atoms with Gasteiger partial charge in [-0.15, -0.1) is 0 Å². The molecule has 6 heteroatoms. The number of rotatable bonds is 6. The summed E-state index contributed by atoms with van der Waals surface area (Å²) in [5.41, 5.74) is 9.46. The number of nitrogens with zero attached hydrogens (tertiary/aromatic N) is 1. The van der Waals surface area contributed by atoms with Crippen LogP contribution in [-0.4, -0.2) is 30.2 Å². The van der Waals surface area contributed by atoms with Gasteiger partial charge in [-0.05, 0) is 61.9 Å². The van der Waals surface area contributed by atoms with Crippen LogP contribution in [-0.2, 0) is 4.74 Å². The Labute approximate surface area is 163 Å². The van der Waals surface area contributed by atoms with Crippen LogP contribution in [0.25, 0.3) is 16.9 Å². The fourth-order valence-electron chi connectivity index (χ4n) is 3.12. The van der Waals surface area contributed by atoms with Crippen LogP contribution >= 0.6 is 0 Å². The van der Waals surface area contributed by atoms with E-state index in [2.05, 4.69) is 0 Å². The van der Waals surface area contributed by atoms with Crippen molar-refractivity contribution in [2.75, 3.05) is 13.7 Å². The topological polar surface area (TPSA) is 83.6 Å². The average Bonchev–Trinajstić information content (AvgIpc) is 3.13. The van der Waals surface area contributed by atoms with Gasteiger partial charge in [0, 0.05) is 23.0 Å². The van der Waals surface area contributed by atoms with Crippen LogP contribution < -0.4 is 10.5 Å². The number of carbonyl (C=O) groups excluding carboxylic acids is 2. The molecule has 0 saturated carbocycles. The van der Waals surface area contributed by atoms with Crippen LogP contribution in [0.1, 0.15) is 33.2 Å². The predicted octanol–water partition coefficient (Wildman–Crippen LogP) is 3.74. The van der Waals surface area contributed by atoms with Crippen molar-refractivity contribution < 1.29 is 19.1 Å². The average molecular weight is 378 g/mol. The van der Waals surface area contributed by atoms with E-state index in [-0.39, 0.29) is 6.61 Å². The van der Waals surface area contributed by atoms with E-state index in [1.54, 1.807) is 38.3 Å². The Bertz CT molecular complexity index is 1020. The van der Waals surface area contributed by atoms with Crippen LogP contribution in [0, 0.1) is 6.92 Å². The Morgan fingerprint density at radius 1 is 1.07 bits per heavy atom. The Kier molecular flexibility index (Phi) is 5.49. The number of methoxy groups -OCH3 is 1. The Balaban J connectivity index is 2.20. The van der Waals surface area contributed by atoms with Gasteiger partial charge in [0.2, 0.25) is 5.91 Å². The number of esters is 1. The lowest BCUT2D eigenvalue weighted by Crippen LogP contribution is -2.11. The van der Waals surface area contributed by atoms with Gasteiger partial charge in [-0.1, -0.05) is 6.07 Å². The molecule has 0 aliphatic carbocycles. The number of hydrogen-bond donors (Lipinski definition) is 1. The van der Waals surface area contributed by atoms with E-state index in [4.69, 9.17) is 15.2 Å². The minimum atomic E-state index is -0.495. The maximum Gasteiger partial charge on any atom is 0.340 e. The summed E-state index contributed by atoms with van der Waals surface area (Å²) >= 11 is 0. The normalized spacial score (nSPS) is 10.5. The highest BCUT2D eigenvalue weighted by atomic mass is 16.5. The van der Waals surface area contributed by atoms with Gasteiger partial charge in [-0.3, -0.25) is 4.79 Å². The summed E-state index contributed by atoms with van der Waals surface area (Å²) in [4.78, 5) is 24.0. The molecule has 3 aromatic rings. The van der Waals surface area contributed by atoms with E-state index in [0.29, 0.717) is 16.8 Å². The first kappa shape index (κ1) is 19.2. The number of benzene rings is 2. The van der Waals surface area contributed by atoms with Crippen LogP contribution in [0.5, 0.6) is 5.75 Å². The molecule has 1 heterocycles. The highest BCUT2D eigenvalue weighted by molar-refractivity contribution is 5.98. The third kappa shape index (κ3) is 3.62. The minimum Gasteiger partial charge on any atom is -0.497 e. The molecule has 0 spiro atoms. The molecule has 1 amide bonds. The molecular weight excluding hydrogens is 356 g/mol. The fourth-order valence-corrected chi connectivity index (χ4v) is 3.12. The van der Waals surface area contributed by atoms with Crippen molar-refractivity contribution >= 4 is 11.9 Å². The molecular formula is C22H22N2O4. The summed E-state index contributed by atoms with van der Waals surface area (Å²) in [5, 5.41) is 0.